The maximum atomic E-state index is 11.7. The van der Waals surface area contributed by atoms with Gasteiger partial charge in [0, 0.05) is 14.7 Å². The minimum absolute atomic E-state index is 0.188. The van der Waals surface area contributed by atoms with Gasteiger partial charge in [0.25, 0.3) is 0 Å². The topological polar surface area (TPSA) is 75.6 Å². The Balaban J connectivity index is 2.76. The molecule has 1 rings (SSSR count). The van der Waals surface area contributed by atoms with Gasteiger partial charge in [-0.2, -0.15) is 0 Å². The van der Waals surface area contributed by atoms with E-state index in [0.29, 0.717) is 0 Å². The zero-order valence-corrected chi connectivity index (χ0v) is 13.3. The molecule has 7 heteroatoms. The lowest BCUT2D eigenvalue weighted by molar-refractivity contribution is -0.137. The second kappa shape index (κ2) is 6.38. The summed E-state index contributed by atoms with van der Waals surface area (Å²) in [5, 5.41) is 13.3. The van der Waals surface area contributed by atoms with E-state index < -0.39 is 23.7 Å². The van der Waals surface area contributed by atoms with Crippen LogP contribution in [0.5, 0.6) is 0 Å². The summed E-state index contributed by atoms with van der Waals surface area (Å²) in [4.78, 5) is 23.3. The first-order chi connectivity index (χ1) is 8.67. The molecule has 0 saturated heterocycles. The lowest BCUT2D eigenvalue weighted by Crippen LogP contribution is -2.35. The van der Waals surface area contributed by atoms with Crippen LogP contribution in [0.4, 0.5) is 4.79 Å². The minimum Gasteiger partial charge on any atom is -0.481 e. The number of carboxylic acid groups (broad SMARTS) is 1. The van der Waals surface area contributed by atoms with Gasteiger partial charge >= 0.3 is 12.1 Å². The summed E-state index contributed by atoms with van der Waals surface area (Å²) in [6.45, 7) is 5.25. The van der Waals surface area contributed by atoms with Crippen LogP contribution in [0.25, 0.3) is 0 Å². The summed E-state index contributed by atoms with van der Waals surface area (Å²) in [5.41, 5.74) is -0.617. The monoisotopic (exact) mass is 349 g/mol. The highest BCUT2D eigenvalue weighted by Crippen LogP contribution is 2.28. The second-order valence-electron chi connectivity index (χ2n) is 4.96. The molecule has 1 unspecified atom stereocenters. The Labute approximate surface area is 124 Å². The van der Waals surface area contributed by atoms with Gasteiger partial charge < -0.3 is 15.2 Å². The van der Waals surface area contributed by atoms with Crippen molar-refractivity contribution in [3.8, 4) is 0 Å². The standard InChI is InChI=1S/C12H16BrNO4S/c1-12(2,3)18-11(17)14-8(5-10(15)16)9-4-7(13)6-19-9/h4,6,8H,5H2,1-3H3,(H,14,17)(H,15,16). The number of hydrogen-bond donors (Lipinski definition) is 2. The van der Waals surface area contributed by atoms with Crippen LogP contribution in [-0.4, -0.2) is 22.8 Å². The van der Waals surface area contributed by atoms with Crippen LogP contribution in [0.2, 0.25) is 0 Å². The Morgan fingerprint density at radius 3 is 2.58 bits per heavy atom. The third-order valence-corrected chi connectivity index (χ3v) is 3.81. The van der Waals surface area contributed by atoms with E-state index in [1.165, 1.54) is 11.3 Å². The maximum absolute atomic E-state index is 11.7. The first-order valence-electron chi connectivity index (χ1n) is 5.62. The van der Waals surface area contributed by atoms with Crippen molar-refractivity contribution in [1.29, 1.82) is 0 Å². The molecule has 0 aliphatic heterocycles. The fourth-order valence-corrected chi connectivity index (χ4v) is 2.85. The number of thiophene rings is 1. The normalized spacial score (nSPS) is 12.8. The molecule has 0 saturated carbocycles. The van der Waals surface area contributed by atoms with E-state index in [1.807, 2.05) is 5.38 Å². The summed E-state index contributed by atoms with van der Waals surface area (Å²) >= 11 is 4.68. The molecule has 0 aliphatic carbocycles. The molecule has 1 heterocycles. The Bertz CT molecular complexity index is 467. The van der Waals surface area contributed by atoms with E-state index in [1.54, 1.807) is 26.8 Å². The van der Waals surface area contributed by atoms with Crippen LogP contribution < -0.4 is 5.32 Å². The molecule has 0 aromatic carbocycles. The highest BCUT2D eigenvalue weighted by molar-refractivity contribution is 9.10. The molecule has 0 fully saturated rings. The molecule has 106 valence electrons. The van der Waals surface area contributed by atoms with Gasteiger partial charge in [0.1, 0.15) is 5.60 Å². The number of ether oxygens (including phenoxy) is 1. The molecule has 19 heavy (non-hydrogen) atoms. The first kappa shape index (κ1) is 16.0. The van der Waals surface area contributed by atoms with Gasteiger partial charge in [0.2, 0.25) is 0 Å². The third-order valence-electron chi connectivity index (χ3n) is 2.00. The Morgan fingerprint density at radius 1 is 1.53 bits per heavy atom. The van der Waals surface area contributed by atoms with Gasteiger partial charge in [0.05, 0.1) is 12.5 Å². The van der Waals surface area contributed by atoms with Crippen molar-refractivity contribution in [2.75, 3.05) is 0 Å². The summed E-state index contributed by atoms with van der Waals surface area (Å²) in [6.07, 6.45) is -0.810. The summed E-state index contributed by atoms with van der Waals surface area (Å²) < 4.78 is 5.98. The van der Waals surface area contributed by atoms with Gasteiger partial charge in [-0.25, -0.2) is 4.79 Å². The summed E-state index contributed by atoms with van der Waals surface area (Å²) in [5.74, 6) is -0.981. The van der Waals surface area contributed by atoms with Crippen molar-refractivity contribution in [2.45, 2.75) is 38.8 Å². The number of halogens is 1. The SMILES string of the molecule is CC(C)(C)OC(=O)NC(CC(=O)O)c1cc(Br)cs1. The zero-order chi connectivity index (χ0) is 14.6. The molecule has 1 atom stereocenters. The molecule has 2 N–H and O–H groups in total. The van der Waals surface area contributed by atoms with Gasteiger partial charge in [-0.05, 0) is 42.8 Å². The molecule has 1 aromatic heterocycles. The second-order valence-corrected chi connectivity index (χ2v) is 6.82. The average Bonchev–Trinajstić information content (AvgIpc) is 2.60. The predicted molar refractivity (Wildman–Crippen MR) is 76.4 cm³/mol. The average molecular weight is 350 g/mol. The van der Waals surface area contributed by atoms with Crippen molar-refractivity contribution in [3.63, 3.8) is 0 Å². The summed E-state index contributed by atoms with van der Waals surface area (Å²) in [7, 11) is 0. The molecule has 1 aromatic rings. The van der Waals surface area contributed by atoms with E-state index in [0.717, 1.165) is 9.35 Å². The number of amides is 1. The highest BCUT2D eigenvalue weighted by atomic mass is 79.9. The first-order valence-corrected chi connectivity index (χ1v) is 7.30. The van der Waals surface area contributed by atoms with Crippen LogP contribution >= 0.6 is 27.3 Å². The third kappa shape index (κ3) is 6.07. The van der Waals surface area contributed by atoms with E-state index in [2.05, 4.69) is 21.2 Å². The fraction of sp³-hybridized carbons (Fsp3) is 0.500. The number of hydrogen-bond acceptors (Lipinski definition) is 4. The number of carboxylic acids is 1. The quantitative estimate of drug-likeness (QED) is 0.871. The lowest BCUT2D eigenvalue weighted by atomic mass is 10.1. The van der Waals surface area contributed by atoms with Crippen LogP contribution in [0.1, 0.15) is 38.1 Å². The van der Waals surface area contributed by atoms with Crippen LogP contribution in [-0.2, 0) is 9.53 Å². The maximum Gasteiger partial charge on any atom is 0.408 e. The Kier molecular flexibility index (Phi) is 5.37. The van der Waals surface area contributed by atoms with Gasteiger partial charge in [0.15, 0.2) is 0 Å². The van der Waals surface area contributed by atoms with Gasteiger partial charge in [-0.15, -0.1) is 11.3 Å². The van der Waals surface area contributed by atoms with Crippen molar-refractivity contribution in [2.24, 2.45) is 0 Å². The zero-order valence-electron chi connectivity index (χ0n) is 10.9. The van der Waals surface area contributed by atoms with Gasteiger partial charge in [-0.3, -0.25) is 4.79 Å². The number of carbonyl (C=O) groups excluding carboxylic acids is 1. The van der Waals surface area contributed by atoms with E-state index in [9.17, 15) is 9.59 Å². The van der Waals surface area contributed by atoms with Crippen LogP contribution in [0.15, 0.2) is 15.9 Å². The Hall–Kier alpha value is -1.08. The van der Waals surface area contributed by atoms with Crippen molar-refractivity contribution < 1.29 is 19.4 Å². The van der Waals surface area contributed by atoms with Crippen molar-refractivity contribution in [3.05, 3.63) is 20.8 Å². The highest BCUT2D eigenvalue weighted by Gasteiger charge is 2.23. The fourth-order valence-electron chi connectivity index (χ4n) is 1.36. The number of nitrogens with one attached hydrogen (secondary N) is 1. The van der Waals surface area contributed by atoms with Crippen molar-refractivity contribution >= 4 is 39.3 Å². The van der Waals surface area contributed by atoms with Crippen LogP contribution in [0, 0.1) is 0 Å². The number of aliphatic carboxylic acids is 1. The molecule has 0 radical (unpaired) electrons. The molecule has 1 amide bonds. The smallest absolute Gasteiger partial charge is 0.408 e. The predicted octanol–water partition coefficient (Wildman–Crippen LogP) is 3.55. The minimum atomic E-state index is -0.981. The molecular weight excluding hydrogens is 334 g/mol. The van der Waals surface area contributed by atoms with E-state index in [4.69, 9.17) is 9.84 Å². The Morgan fingerprint density at radius 2 is 2.16 bits per heavy atom. The number of alkyl carbamates (subject to hydrolysis) is 1. The molecule has 0 spiro atoms. The number of rotatable bonds is 4. The van der Waals surface area contributed by atoms with Crippen molar-refractivity contribution in [1.82, 2.24) is 5.32 Å². The molecule has 0 aliphatic rings. The summed E-state index contributed by atoms with van der Waals surface area (Å²) in [6, 6.07) is 1.19. The van der Waals surface area contributed by atoms with Gasteiger partial charge in [-0.1, -0.05) is 0 Å². The van der Waals surface area contributed by atoms with E-state index >= 15 is 0 Å². The lowest BCUT2D eigenvalue weighted by Gasteiger charge is -2.22. The number of carbonyl (C=O) groups is 2. The van der Waals surface area contributed by atoms with Crippen LogP contribution in [0.3, 0.4) is 0 Å². The van der Waals surface area contributed by atoms with E-state index in [-0.39, 0.29) is 6.42 Å². The molecule has 5 nitrogen and oxygen atoms in total. The largest absolute Gasteiger partial charge is 0.481 e. The molecular formula is C12H16BrNO4S. The molecule has 0 bridgehead atoms.